The van der Waals surface area contributed by atoms with Gasteiger partial charge in [0.2, 0.25) is 0 Å². The molecule has 0 radical (unpaired) electrons. The fourth-order valence-corrected chi connectivity index (χ4v) is 2.05. The van der Waals surface area contributed by atoms with Crippen molar-refractivity contribution in [1.82, 2.24) is 0 Å². The Morgan fingerprint density at radius 2 is 1.86 bits per heavy atom. The molecule has 0 aliphatic rings. The lowest BCUT2D eigenvalue weighted by atomic mass is 10.1. The lowest BCUT2D eigenvalue weighted by Gasteiger charge is -2.11. The highest BCUT2D eigenvalue weighted by Gasteiger charge is 2.14. The first-order valence-corrected chi connectivity index (χ1v) is 6.72. The number of aromatic hydroxyl groups is 1. The Morgan fingerprint density at radius 3 is 2.50 bits per heavy atom. The SMILES string of the molecule is COc1ccc(C(=O)OCc2cc(C)ccc2OC)c(O)c1. The maximum atomic E-state index is 12.1. The summed E-state index contributed by atoms with van der Waals surface area (Å²) < 4.78 is 15.5. The maximum absolute atomic E-state index is 12.1. The van der Waals surface area contributed by atoms with E-state index in [0.717, 1.165) is 11.1 Å². The van der Waals surface area contributed by atoms with Gasteiger partial charge in [-0.25, -0.2) is 4.79 Å². The number of phenols is 1. The average molecular weight is 302 g/mol. The summed E-state index contributed by atoms with van der Waals surface area (Å²) in [5, 5.41) is 9.83. The van der Waals surface area contributed by atoms with Crippen LogP contribution < -0.4 is 9.47 Å². The predicted molar refractivity (Wildman–Crippen MR) is 81.5 cm³/mol. The first-order valence-electron chi connectivity index (χ1n) is 6.72. The second-order valence-corrected chi connectivity index (χ2v) is 4.77. The van der Waals surface area contributed by atoms with Gasteiger partial charge < -0.3 is 19.3 Å². The van der Waals surface area contributed by atoms with Gasteiger partial charge in [-0.15, -0.1) is 0 Å². The standard InChI is InChI=1S/C17H18O5/c1-11-4-7-16(21-3)12(8-11)10-22-17(19)14-6-5-13(20-2)9-15(14)18/h4-9,18H,10H2,1-3H3. The maximum Gasteiger partial charge on any atom is 0.342 e. The smallest absolute Gasteiger partial charge is 0.342 e. The highest BCUT2D eigenvalue weighted by Crippen LogP contribution is 2.25. The number of benzene rings is 2. The second kappa shape index (κ2) is 6.85. The summed E-state index contributed by atoms with van der Waals surface area (Å²) in [5.41, 5.74) is 1.90. The number of hydrogen-bond donors (Lipinski definition) is 1. The van der Waals surface area contributed by atoms with E-state index in [1.165, 1.54) is 19.2 Å². The van der Waals surface area contributed by atoms with Crippen LogP contribution in [0.5, 0.6) is 17.2 Å². The number of carbonyl (C=O) groups excluding carboxylic acids is 1. The summed E-state index contributed by atoms with van der Waals surface area (Å²) >= 11 is 0. The zero-order chi connectivity index (χ0) is 16.1. The molecule has 5 heteroatoms. The van der Waals surface area contributed by atoms with Crippen molar-refractivity contribution in [2.75, 3.05) is 14.2 Å². The zero-order valence-corrected chi connectivity index (χ0v) is 12.8. The summed E-state index contributed by atoms with van der Waals surface area (Å²) in [6, 6.07) is 10.0. The molecule has 5 nitrogen and oxygen atoms in total. The lowest BCUT2D eigenvalue weighted by molar-refractivity contribution is 0.0466. The highest BCUT2D eigenvalue weighted by atomic mass is 16.5. The van der Waals surface area contributed by atoms with E-state index >= 15 is 0 Å². The van der Waals surface area contributed by atoms with Crippen LogP contribution in [0.25, 0.3) is 0 Å². The van der Waals surface area contributed by atoms with Crippen molar-refractivity contribution in [2.24, 2.45) is 0 Å². The fourth-order valence-electron chi connectivity index (χ4n) is 2.05. The van der Waals surface area contributed by atoms with Gasteiger partial charge in [0.25, 0.3) is 0 Å². The third kappa shape index (κ3) is 3.49. The molecule has 2 rings (SSSR count). The van der Waals surface area contributed by atoms with Crippen LogP contribution in [0.15, 0.2) is 36.4 Å². The topological polar surface area (TPSA) is 65.0 Å². The Balaban J connectivity index is 2.12. The second-order valence-electron chi connectivity index (χ2n) is 4.77. The predicted octanol–water partition coefficient (Wildman–Crippen LogP) is 3.07. The van der Waals surface area contributed by atoms with Gasteiger partial charge in [0.05, 0.1) is 14.2 Å². The van der Waals surface area contributed by atoms with E-state index in [1.54, 1.807) is 13.2 Å². The summed E-state index contributed by atoms with van der Waals surface area (Å²) in [6.45, 7) is 2.01. The first kappa shape index (κ1) is 15.7. The number of phenolic OH excluding ortho intramolecular Hbond substituents is 1. The molecule has 116 valence electrons. The van der Waals surface area contributed by atoms with Gasteiger partial charge in [-0.2, -0.15) is 0 Å². The molecule has 0 aliphatic carbocycles. The van der Waals surface area contributed by atoms with Crippen LogP contribution >= 0.6 is 0 Å². The van der Waals surface area contributed by atoms with E-state index in [0.29, 0.717) is 11.5 Å². The third-order valence-electron chi connectivity index (χ3n) is 3.22. The molecule has 22 heavy (non-hydrogen) atoms. The van der Waals surface area contributed by atoms with Crippen molar-refractivity contribution >= 4 is 5.97 Å². The molecule has 2 aromatic carbocycles. The molecule has 0 fully saturated rings. The van der Waals surface area contributed by atoms with Crippen LogP contribution in [0.3, 0.4) is 0 Å². The normalized spacial score (nSPS) is 10.1. The third-order valence-corrected chi connectivity index (χ3v) is 3.22. The van der Waals surface area contributed by atoms with Crippen molar-refractivity contribution in [3.05, 3.63) is 53.1 Å². The van der Waals surface area contributed by atoms with Crippen LogP contribution in [0.1, 0.15) is 21.5 Å². The zero-order valence-electron chi connectivity index (χ0n) is 12.8. The van der Waals surface area contributed by atoms with Crippen LogP contribution in [0, 0.1) is 6.92 Å². The molecule has 0 heterocycles. The van der Waals surface area contributed by atoms with E-state index < -0.39 is 5.97 Å². The number of rotatable bonds is 5. The van der Waals surface area contributed by atoms with Crippen molar-refractivity contribution in [1.29, 1.82) is 0 Å². The summed E-state index contributed by atoms with van der Waals surface area (Å²) in [5.74, 6) is 0.330. The number of hydrogen-bond acceptors (Lipinski definition) is 5. The molecule has 0 saturated carbocycles. The van der Waals surface area contributed by atoms with Gasteiger partial charge >= 0.3 is 5.97 Å². The fraction of sp³-hybridized carbons (Fsp3) is 0.235. The largest absolute Gasteiger partial charge is 0.507 e. The molecule has 0 bridgehead atoms. The quantitative estimate of drug-likeness (QED) is 0.860. The molecular formula is C17H18O5. The highest BCUT2D eigenvalue weighted by molar-refractivity contribution is 5.92. The first-order chi connectivity index (χ1) is 10.5. The summed E-state index contributed by atoms with van der Waals surface area (Å²) in [4.78, 5) is 12.1. The van der Waals surface area contributed by atoms with E-state index in [-0.39, 0.29) is 17.9 Å². The molecule has 0 aromatic heterocycles. The van der Waals surface area contributed by atoms with Crippen LogP contribution in [-0.4, -0.2) is 25.3 Å². The van der Waals surface area contributed by atoms with Gasteiger partial charge in [0.1, 0.15) is 29.4 Å². The minimum Gasteiger partial charge on any atom is -0.507 e. The number of aryl methyl sites for hydroxylation is 1. The number of esters is 1. The molecule has 0 unspecified atom stereocenters. The van der Waals surface area contributed by atoms with E-state index in [9.17, 15) is 9.90 Å². The van der Waals surface area contributed by atoms with Gasteiger partial charge in [-0.1, -0.05) is 11.6 Å². The number of carbonyl (C=O) groups is 1. The number of methoxy groups -OCH3 is 2. The monoisotopic (exact) mass is 302 g/mol. The van der Waals surface area contributed by atoms with Gasteiger partial charge in [-0.3, -0.25) is 0 Å². The summed E-state index contributed by atoms with van der Waals surface area (Å²) in [7, 11) is 3.04. The minimum atomic E-state index is -0.608. The van der Waals surface area contributed by atoms with Crippen LogP contribution in [0.2, 0.25) is 0 Å². The van der Waals surface area contributed by atoms with E-state index in [2.05, 4.69) is 0 Å². The Kier molecular flexibility index (Phi) is 4.88. The molecule has 0 amide bonds. The minimum absolute atomic E-state index is 0.0646. The summed E-state index contributed by atoms with van der Waals surface area (Å²) in [6.07, 6.45) is 0. The van der Waals surface area contributed by atoms with Crippen LogP contribution in [-0.2, 0) is 11.3 Å². The number of ether oxygens (including phenoxy) is 3. The lowest BCUT2D eigenvalue weighted by Crippen LogP contribution is -2.06. The van der Waals surface area contributed by atoms with Gasteiger partial charge in [0.15, 0.2) is 0 Å². The Hall–Kier alpha value is -2.69. The van der Waals surface area contributed by atoms with Crippen molar-refractivity contribution in [3.63, 3.8) is 0 Å². The Bertz CT molecular complexity index is 679. The molecule has 1 N–H and O–H groups in total. The average Bonchev–Trinajstić information content (AvgIpc) is 2.52. The van der Waals surface area contributed by atoms with E-state index in [1.807, 2.05) is 25.1 Å². The van der Waals surface area contributed by atoms with Crippen molar-refractivity contribution in [3.8, 4) is 17.2 Å². The molecule has 0 spiro atoms. The Labute approximate surface area is 129 Å². The van der Waals surface area contributed by atoms with Gasteiger partial charge in [-0.05, 0) is 31.2 Å². The molecular weight excluding hydrogens is 284 g/mol. The van der Waals surface area contributed by atoms with Crippen molar-refractivity contribution in [2.45, 2.75) is 13.5 Å². The molecule has 2 aromatic rings. The van der Waals surface area contributed by atoms with Crippen molar-refractivity contribution < 1.29 is 24.1 Å². The van der Waals surface area contributed by atoms with Gasteiger partial charge in [0, 0.05) is 11.6 Å². The van der Waals surface area contributed by atoms with Crippen LogP contribution in [0.4, 0.5) is 0 Å². The molecule has 0 atom stereocenters. The molecule has 0 aliphatic heterocycles. The Morgan fingerprint density at radius 1 is 1.09 bits per heavy atom. The van der Waals surface area contributed by atoms with E-state index in [4.69, 9.17) is 14.2 Å². The molecule has 0 saturated heterocycles.